The van der Waals surface area contributed by atoms with Gasteiger partial charge in [-0.3, -0.25) is 14.4 Å². The van der Waals surface area contributed by atoms with Crippen molar-refractivity contribution in [1.82, 2.24) is 5.32 Å². The lowest BCUT2D eigenvalue weighted by Crippen LogP contribution is -2.44. The lowest BCUT2D eigenvalue weighted by atomic mass is 9.69. The number of para-hydroxylation sites is 1. The highest BCUT2D eigenvalue weighted by molar-refractivity contribution is 6.12. The van der Waals surface area contributed by atoms with E-state index in [4.69, 9.17) is 13.9 Å². The van der Waals surface area contributed by atoms with Crippen LogP contribution in [0.1, 0.15) is 52.0 Å². The number of hydrogen-bond donors (Lipinski definition) is 1. The Kier molecular flexibility index (Phi) is 6.65. The molecule has 2 aromatic rings. The van der Waals surface area contributed by atoms with Crippen molar-refractivity contribution < 1.29 is 28.3 Å². The molecular weight excluding hydrogens is 450 g/mol. The van der Waals surface area contributed by atoms with Crippen LogP contribution in [-0.2, 0) is 23.9 Å². The van der Waals surface area contributed by atoms with E-state index in [0.29, 0.717) is 35.2 Å². The summed E-state index contributed by atoms with van der Waals surface area (Å²) in [6, 6.07) is 6.78. The zero-order valence-electron chi connectivity index (χ0n) is 20.5. The van der Waals surface area contributed by atoms with Crippen molar-refractivity contribution in [2.75, 3.05) is 7.11 Å². The Labute approximate surface area is 203 Å². The molecule has 35 heavy (non-hydrogen) atoms. The third-order valence-electron chi connectivity index (χ3n) is 6.86. The van der Waals surface area contributed by atoms with E-state index < -0.39 is 29.6 Å². The van der Waals surface area contributed by atoms with Crippen LogP contribution in [0.5, 0.6) is 0 Å². The summed E-state index contributed by atoms with van der Waals surface area (Å²) in [4.78, 5) is 53.3. The van der Waals surface area contributed by atoms with Gasteiger partial charge in [-0.25, -0.2) is 4.79 Å². The highest BCUT2D eigenvalue weighted by Crippen LogP contribution is 2.45. The normalized spacial score (nSPS) is 23.0. The van der Waals surface area contributed by atoms with Gasteiger partial charge in [0.15, 0.2) is 11.2 Å². The largest absolute Gasteiger partial charge is 0.468 e. The lowest BCUT2D eigenvalue weighted by Gasteiger charge is -2.38. The number of esters is 2. The number of Topliss-reactive ketones (excluding diaryl/α,β-unsaturated/α-hetero) is 1. The summed E-state index contributed by atoms with van der Waals surface area (Å²) in [5.74, 6) is -4.16. The minimum atomic E-state index is -1.05. The summed E-state index contributed by atoms with van der Waals surface area (Å²) in [5.41, 5.74) is 1.60. The SMILES string of the molecule is CC[C@H](C)OC(=O)C1=C(C)NC2=C(C(=O)[C@H](C(=O)OC)[C@@H](C)C2)[C@H]1c1coc2ccccc2c1=O. The number of dihydropyridines is 1. The molecule has 1 aliphatic carbocycles. The molecule has 1 N–H and O–H groups in total. The molecule has 4 atom stereocenters. The third-order valence-corrected chi connectivity index (χ3v) is 6.86. The predicted octanol–water partition coefficient (Wildman–Crippen LogP) is 3.75. The van der Waals surface area contributed by atoms with Gasteiger partial charge in [-0.05, 0) is 44.7 Å². The molecule has 184 valence electrons. The first-order chi connectivity index (χ1) is 16.7. The summed E-state index contributed by atoms with van der Waals surface area (Å²) >= 11 is 0. The van der Waals surface area contributed by atoms with Crippen molar-refractivity contribution in [3.05, 3.63) is 68.9 Å². The summed E-state index contributed by atoms with van der Waals surface area (Å²) in [5, 5.41) is 3.52. The highest BCUT2D eigenvalue weighted by Gasteiger charge is 2.48. The molecule has 2 heterocycles. The summed E-state index contributed by atoms with van der Waals surface area (Å²) in [7, 11) is 1.24. The van der Waals surface area contributed by atoms with E-state index in [-0.39, 0.29) is 34.2 Å². The summed E-state index contributed by atoms with van der Waals surface area (Å²) in [6.45, 7) is 7.18. The number of benzene rings is 1. The first kappa shape index (κ1) is 24.4. The van der Waals surface area contributed by atoms with Crippen LogP contribution in [0.2, 0.25) is 0 Å². The fourth-order valence-corrected chi connectivity index (χ4v) is 4.88. The molecule has 0 bridgehead atoms. The van der Waals surface area contributed by atoms with Crippen molar-refractivity contribution in [2.24, 2.45) is 11.8 Å². The molecule has 0 unspecified atom stereocenters. The van der Waals surface area contributed by atoms with Crippen molar-refractivity contribution in [1.29, 1.82) is 0 Å². The van der Waals surface area contributed by atoms with Gasteiger partial charge in [0, 0.05) is 22.5 Å². The Morgan fingerprint density at radius 1 is 1.23 bits per heavy atom. The number of carbonyl (C=O) groups is 3. The number of hydrogen-bond acceptors (Lipinski definition) is 8. The second-order valence-electron chi connectivity index (χ2n) is 9.18. The predicted molar refractivity (Wildman–Crippen MR) is 128 cm³/mol. The molecule has 8 heteroatoms. The standard InChI is InChI=1S/C27H29NO7/c1-6-14(3)35-27(32)21-15(4)28-18-11-13(2)20(26(31)33-5)25(30)23(18)22(21)17-12-34-19-10-8-7-9-16(19)24(17)29/h7-10,12-14,20,22,28H,6,11H2,1-5H3/t13-,14-,20+,22-/m0/s1. The Balaban J connectivity index is 1.95. The first-order valence-corrected chi connectivity index (χ1v) is 11.7. The Morgan fingerprint density at radius 3 is 2.63 bits per heavy atom. The van der Waals surface area contributed by atoms with Crippen LogP contribution in [0, 0.1) is 11.8 Å². The zero-order chi connectivity index (χ0) is 25.4. The fourth-order valence-electron chi connectivity index (χ4n) is 4.88. The molecule has 0 fully saturated rings. The number of carbonyl (C=O) groups excluding carboxylic acids is 3. The number of rotatable bonds is 5. The minimum Gasteiger partial charge on any atom is -0.468 e. The van der Waals surface area contributed by atoms with E-state index in [0.717, 1.165) is 0 Å². The van der Waals surface area contributed by atoms with Gasteiger partial charge in [0.1, 0.15) is 11.5 Å². The molecular formula is C27H29NO7. The number of fused-ring (bicyclic) bond motifs is 1. The topological polar surface area (TPSA) is 112 Å². The van der Waals surface area contributed by atoms with Gasteiger partial charge in [-0.1, -0.05) is 26.0 Å². The Hall–Kier alpha value is -3.68. The van der Waals surface area contributed by atoms with Gasteiger partial charge < -0.3 is 19.2 Å². The molecule has 1 aliphatic heterocycles. The van der Waals surface area contributed by atoms with Crippen molar-refractivity contribution in [2.45, 2.75) is 52.6 Å². The molecule has 0 saturated heterocycles. The van der Waals surface area contributed by atoms with Gasteiger partial charge in [-0.15, -0.1) is 0 Å². The van der Waals surface area contributed by atoms with Crippen LogP contribution in [0.3, 0.4) is 0 Å². The molecule has 0 saturated carbocycles. The Morgan fingerprint density at radius 2 is 1.94 bits per heavy atom. The van der Waals surface area contributed by atoms with E-state index in [1.165, 1.54) is 13.4 Å². The summed E-state index contributed by atoms with van der Waals surface area (Å²) in [6.07, 6.45) is 1.91. The lowest BCUT2D eigenvalue weighted by molar-refractivity contribution is -0.151. The maximum Gasteiger partial charge on any atom is 0.337 e. The number of ether oxygens (including phenoxy) is 2. The van der Waals surface area contributed by atoms with E-state index in [1.807, 2.05) is 6.92 Å². The number of methoxy groups -OCH3 is 1. The number of allylic oxidation sites excluding steroid dienone is 3. The molecule has 0 radical (unpaired) electrons. The molecule has 4 rings (SSSR count). The van der Waals surface area contributed by atoms with Crippen LogP contribution in [0.4, 0.5) is 0 Å². The van der Waals surface area contributed by atoms with Crippen LogP contribution in [0.25, 0.3) is 11.0 Å². The molecule has 0 spiro atoms. The monoisotopic (exact) mass is 479 g/mol. The van der Waals surface area contributed by atoms with Gasteiger partial charge in [-0.2, -0.15) is 0 Å². The maximum absolute atomic E-state index is 13.8. The van der Waals surface area contributed by atoms with Crippen LogP contribution in [-0.4, -0.2) is 30.9 Å². The highest BCUT2D eigenvalue weighted by atomic mass is 16.5. The average Bonchev–Trinajstić information content (AvgIpc) is 2.83. The van der Waals surface area contributed by atoms with Gasteiger partial charge >= 0.3 is 11.9 Å². The molecule has 0 amide bonds. The molecule has 2 aliphatic rings. The smallest absolute Gasteiger partial charge is 0.337 e. The molecule has 8 nitrogen and oxygen atoms in total. The van der Waals surface area contributed by atoms with Crippen LogP contribution < -0.4 is 10.7 Å². The van der Waals surface area contributed by atoms with Gasteiger partial charge in [0.25, 0.3) is 0 Å². The quantitative estimate of drug-likeness (QED) is 0.510. The van der Waals surface area contributed by atoms with E-state index in [2.05, 4.69) is 5.32 Å². The van der Waals surface area contributed by atoms with Gasteiger partial charge in [0.2, 0.25) is 0 Å². The average molecular weight is 480 g/mol. The zero-order valence-corrected chi connectivity index (χ0v) is 20.5. The van der Waals surface area contributed by atoms with Gasteiger partial charge in [0.05, 0.1) is 36.4 Å². The minimum absolute atomic E-state index is 0.139. The van der Waals surface area contributed by atoms with Crippen LogP contribution in [0.15, 0.2) is 62.3 Å². The molecule has 1 aromatic heterocycles. The molecule has 1 aromatic carbocycles. The van der Waals surface area contributed by atoms with Crippen molar-refractivity contribution in [3.8, 4) is 0 Å². The summed E-state index contributed by atoms with van der Waals surface area (Å²) < 4.78 is 16.3. The Bertz CT molecular complexity index is 1330. The second-order valence-corrected chi connectivity index (χ2v) is 9.18. The van der Waals surface area contributed by atoms with Crippen molar-refractivity contribution in [3.63, 3.8) is 0 Å². The second kappa shape index (κ2) is 9.52. The van der Waals surface area contributed by atoms with E-state index in [9.17, 15) is 19.2 Å². The van der Waals surface area contributed by atoms with Crippen molar-refractivity contribution >= 4 is 28.7 Å². The maximum atomic E-state index is 13.8. The van der Waals surface area contributed by atoms with E-state index >= 15 is 0 Å². The number of ketones is 1. The third kappa shape index (κ3) is 4.17. The van der Waals surface area contributed by atoms with Crippen LogP contribution >= 0.6 is 0 Å². The number of nitrogens with one attached hydrogen (secondary N) is 1. The first-order valence-electron chi connectivity index (χ1n) is 11.7. The fraction of sp³-hybridized carbons (Fsp3) is 0.407. The van der Waals surface area contributed by atoms with E-state index in [1.54, 1.807) is 45.0 Å².